The average molecular weight is 238 g/mol. The quantitative estimate of drug-likeness (QED) is 0.801. The van der Waals surface area contributed by atoms with Crippen LogP contribution < -0.4 is 0 Å². The minimum absolute atomic E-state index is 0.0871. The Morgan fingerprint density at radius 3 is 2.58 bits per heavy atom. The molecule has 0 saturated carbocycles. The Bertz CT molecular complexity index is 280. The standard InChI is InChI=1S/C7H6BrF2NO/c8-6-5(7(9)10)2-1-4(3-12)11-6/h1-2,7,12H,3H2. The Kier molecular flexibility index (Phi) is 3.11. The molecule has 1 rings (SSSR count). The number of aromatic nitrogens is 1. The lowest BCUT2D eigenvalue weighted by Crippen LogP contribution is -1.94. The molecule has 0 unspecified atom stereocenters. The van der Waals surface area contributed by atoms with Crippen molar-refractivity contribution in [2.24, 2.45) is 0 Å². The van der Waals surface area contributed by atoms with Gasteiger partial charge in [-0.2, -0.15) is 0 Å². The van der Waals surface area contributed by atoms with Gasteiger partial charge in [0.1, 0.15) is 4.60 Å². The van der Waals surface area contributed by atoms with E-state index in [0.717, 1.165) is 0 Å². The lowest BCUT2D eigenvalue weighted by molar-refractivity contribution is 0.150. The lowest BCUT2D eigenvalue weighted by atomic mass is 10.2. The Labute approximate surface area is 76.4 Å². The molecule has 2 nitrogen and oxygen atoms in total. The van der Waals surface area contributed by atoms with Gasteiger partial charge in [0.2, 0.25) is 0 Å². The van der Waals surface area contributed by atoms with E-state index >= 15 is 0 Å². The summed E-state index contributed by atoms with van der Waals surface area (Å²) >= 11 is 2.89. The third-order valence-corrected chi connectivity index (χ3v) is 1.97. The van der Waals surface area contributed by atoms with Crippen molar-refractivity contribution in [3.63, 3.8) is 0 Å². The van der Waals surface area contributed by atoms with Gasteiger partial charge >= 0.3 is 0 Å². The van der Waals surface area contributed by atoms with Crippen molar-refractivity contribution < 1.29 is 13.9 Å². The average Bonchev–Trinajstić information content (AvgIpc) is 2.03. The first-order valence-corrected chi connectivity index (χ1v) is 3.98. The van der Waals surface area contributed by atoms with Crippen molar-refractivity contribution >= 4 is 15.9 Å². The van der Waals surface area contributed by atoms with Crippen LogP contribution in [0.1, 0.15) is 17.7 Å². The van der Waals surface area contributed by atoms with Crippen LogP contribution in [0.15, 0.2) is 16.7 Å². The molecule has 1 aromatic heterocycles. The van der Waals surface area contributed by atoms with Gasteiger partial charge in [-0.25, -0.2) is 13.8 Å². The summed E-state index contributed by atoms with van der Waals surface area (Å²) in [5.41, 5.74) is 0.207. The number of halogens is 3. The molecule has 0 fully saturated rings. The van der Waals surface area contributed by atoms with Crippen molar-refractivity contribution in [2.75, 3.05) is 0 Å². The van der Waals surface area contributed by atoms with Crippen LogP contribution in [-0.2, 0) is 6.61 Å². The van der Waals surface area contributed by atoms with Crippen LogP contribution in [0.2, 0.25) is 0 Å². The fourth-order valence-corrected chi connectivity index (χ4v) is 1.27. The number of rotatable bonds is 2. The monoisotopic (exact) mass is 237 g/mol. The maximum absolute atomic E-state index is 12.1. The maximum Gasteiger partial charge on any atom is 0.266 e. The van der Waals surface area contributed by atoms with Gasteiger partial charge in [0, 0.05) is 0 Å². The second kappa shape index (κ2) is 3.91. The zero-order valence-corrected chi connectivity index (χ0v) is 7.55. The number of hydrogen-bond acceptors (Lipinski definition) is 2. The topological polar surface area (TPSA) is 33.1 Å². The molecule has 1 N–H and O–H groups in total. The molecule has 12 heavy (non-hydrogen) atoms. The lowest BCUT2D eigenvalue weighted by Gasteiger charge is -2.03. The van der Waals surface area contributed by atoms with Crippen molar-refractivity contribution in [3.8, 4) is 0 Å². The molecule has 0 saturated heterocycles. The van der Waals surface area contributed by atoms with Crippen LogP contribution >= 0.6 is 15.9 Å². The summed E-state index contributed by atoms with van der Waals surface area (Å²) in [4.78, 5) is 3.70. The van der Waals surface area contributed by atoms with Crippen molar-refractivity contribution in [3.05, 3.63) is 28.0 Å². The first-order valence-electron chi connectivity index (χ1n) is 3.19. The first kappa shape index (κ1) is 9.54. The molecule has 0 aliphatic heterocycles. The van der Waals surface area contributed by atoms with Gasteiger partial charge in [-0.05, 0) is 28.1 Å². The molecule has 1 aromatic rings. The molecular formula is C7H6BrF2NO. The molecule has 0 atom stereocenters. The minimum atomic E-state index is -2.54. The highest BCUT2D eigenvalue weighted by atomic mass is 79.9. The number of aliphatic hydroxyl groups excluding tert-OH is 1. The summed E-state index contributed by atoms with van der Waals surface area (Å²) in [5.74, 6) is 0. The third-order valence-electron chi connectivity index (χ3n) is 1.33. The van der Waals surface area contributed by atoms with Crippen LogP contribution in [0.25, 0.3) is 0 Å². The van der Waals surface area contributed by atoms with Crippen LogP contribution in [0.3, 0.4) is 0 Å². The highest BCUT2D eigenvalue weighted by molar-refractivity contribution is 9.10. The molecule has 0 amide bonds. The smallest absolute Gasteiger partial charge is 0.266 e. The molecule has 1 heterocycles. The SMILES string of the molecule is OCc1ccc(C(F)F)c(Br)n1. The Hall–Kier alpha value is -0.550. The highest BCUT2D eigenvalue weighted by Gasteiger charge is 2.12. The van der Waals surface area contributed by atoms with Crippen LogP contribution in [-0.4, -0.2) is 10.1 Å². The molecule has 0 aliphatic carbocycles. The minimum Gasteiger partial charge on any atom is -0.390 e. The van der Waals surface area contributed by atoms with Crippen molar-refractivity contribution in [1.82, 2.24) is 4.98 Å². The summed E-state index contributed by atoms with van der Waals surface area (Å²) in [7, 11) is 0. The number of nitrogens with zero attached hydrogens (tertiary/aromatic N) is 1. The second-order valence-electron chi connectivity index (χ2n) is 2.14. The van der Waals surface area contributed by atoms with Crippen molar-refractivity contribution in [2.45, 2.75) is 13.0 Å². The van der Waals surface area contributed by atoms with Gasteiger partial charge in [-0.15, -0.1) is 0 Å². The fraction of sp³-hybridized carbons (Fsp3) is 0.286. The van der Waals surface area contributed by atoms with E-state index in [1.807, 2.05) is 0 Å². The van der Waals surface area contributed by atoms with E-state index in [1.165, 1.54) is 12.1 Å². The van der Waals surface area contributed by atoms with Gasteiger partial charge in [0.25, 0.3) is 6.43 Å². The van der Waals surface area contributed by atoms with Crippen LogP contribution in [0, 0.1) is 0 Å². The first-order chi connectivity index (χ1) is 5.65. The van der Waals surface area contributed by atoms with Gasteiger partial charge in [0.05, 0.1) is 17.9 Å². The van der Waals surface area contributed by atoms with E-state index in [9.17, 15) is 8.78 Å². The van der Waals surface area contributed by atoms with Gasteiger partial charge in [0.15, 0.2) is 0 Å². The summed E-state index contributed by atoms with van der Waals surface area (Å²) in [6, 6.07) is 2.61. The van der Waals surface area contributed by atoms with Crippen LogP contribution in [0.5, 0.6) is 0 Å². The summed E-state index contributed by atoms with van der Waals surface area (Å²) in [6.45, 7) is -0.248. The molecule has 66 valence electrons. The van der Waals surface area contributed by atoms with E-state index in [4.69, 9.17) is 5.11 Å². The molecule has 5 heteroatoms. The molecular weight excluding hydrogens is 232 g/mol. The summed E-state index contributed by atoms with van der Waals surface area (Å²) in [6.07, 6.45) is -2.54. The molecule has 0 spiro atoms. The third kappa shape index (κ3) is 1.98. The molecule has 0 aromatic carbocycles. The molecule has 0 bridgehead atoms. The van der Waals surface area contributed by atoms with E-state index in [1.54, 1.807) is 0 Å². The van der Waals surface area contributed by atoms with Crippen LogP contribution in [0.4, 0.5) is 8.78 Å². The Morgan fingerprint density at radius 1 is 1.50 bits per heavy atom. The predicted molar refractivity (Wildman–Crippen MR) is 42.8 cm³/mol. The largest absolute Gasteiger partial charge is 0.390 e. The summed E-state index contributed by atoms with van der Waals surface area (Å²) < 4.78 is 24.3. The number of hydrogen-bond donors (Lipinski definition) is 1. The molecule has 0 radical (unpaired) electrons. The van der Waals surface area contributed by atoms with E-state index < -0.39 is 6.43 Å². The van der Waals surface area contributed by atoms with E-state index in [2.05, 4.69) is 20.9 Å². The normalized spacial score (nSPS) is 10.8. The fourth-order valence-electron chi connectivity index (χ4n) is 0.733. The highest BCUT2D eigenvalue weighted by Crippen LogP contribution is 2.25. The number of alkyl halides is 2. The second-order valence-corrected chi connectivity index (χ2v) is 2.89. The van der Waals surface area contributed by atoms with Crippen molar-refractivity contribution in [1.29, 1.82) is 0 Å². The Morgan fingerprint density at radius 2 is 2.17 bits per heavy atom. The Balaban J connectivity index is 3.03. The zero-order valence-electron chi connectivity index (χ0n) is 5.97. The summed E-state index contributed by atoms with van der Waals surface area (Å²) in [5, 5.41) is 8.62. The van der Waals surface area contributed by atoms with E-state index in [-0.39, 0.29) is 16.8 Å². The zero-order chi connectivity index (χ0) is 9.14. The number of pyridine rings is 1. The van der Waals surface area contributed by atoms with E-state index in [0.29, 0.717) is 5.69 Å². The maximum atomic E-state index is 12.1. The molecule has 0 aliphatic rings. The number of aliphatic hydroxyl groups is 1. The predicted octanol–water partition coefficient (Wildman–Crippen LogP) is 2.27. The van der Waals surface area contributed by atoms with Gasteiger partial charge < -0.3 is 5.11 Å². The van der Waals surface area contributed by atoms with Gasteiger partial charge in [-0.1, -0.05) is 0 Å². The van der Waals surface area contributed by atoms with Gasteiger partial charge in [-0.3, -0.25) is 0 Å².